The molecule has 0 unspecified atom stereocenters. The van der Waals surface area contributed by atoms with Gasteiger partial charge in [-0.2, -0.15) is 0 Å². The highest BCUT2D eigenvalue weighted by Crippen LogP contribution is 2.35. The lowest BCUT2D eigenvalue weighted by atomic mass is 10.1. The van der Waals surface area contributed by atoms with E-state index in [4.69, 9.17) is 0 Å². The highest BCUT2D eigenvalue weighted by Gasteiger charge is 2.38. The van der Waals surface area contributed by atoms with Crippen LogP contribution in [-0.2, 0) is 22.6 Å². The third-order valence-electron chi connectivity index (χ3n) is 6.06. The minimum atomic E-state index is 0.0274. The van der Waals surface area contributed by atoms with Gasteiger partial charge in [-0.25, -0.2) is 4.98 Å². The highest BCUT2D eigenvalue weighted by atomic mass is 16.2. The van der Waals surface area contributed by atoms with Gasteiger partial charge in [0.15, 0.2) is 0 Å². The van der Waals surface area contributed by atoms with Gasteiger partial charge in [0.05, 0.1) is 24.3 Å². The number of hydrogen-bond donors (Lipinski definition) is 2. The van der Waals surface area contributed by atoms with Crippen LogP contribution in [-0.4, -0.2) is 63.3 Å². The molecule has 0 spiro atoms. The molecule has 142 valence electrons. The normalized spacial score (nSPS) is 26.0. The van der Waals surface area contributed by atoms with E-state index in [2.05, 4.69) is 20.2 Å². The Balaban J connectivity index is 1.36. The van der Waals surface area contributed by atoms with Crippen LogP contribution >= 0.6 is 0 Å². The van der Waals surface area contributed by atoms with Crippen molar-refractivity contribution in [2.75, 3.05) is 19.6 Å². The van der Waals surface area contributed by atoms with Gasteiger partial charge in [-0.3, -0.25) is 14.5 Å². The first-order valence-electron chi connectivity index (χ1n) is 9.89. The molecule has 0 radical (unpaired) electrons. The molecule has 4 rings (SSSR count). The predicted molar refractivity (Wildman–Crippen MR) is 97.2 cm³/mol. The Kier molecular flexibility index (Phi) is 4.98. The van der Waals surface area contributed by atoms with Crippen LogP contribution in [0.25, 0.3) is 0 Å². The van der Waals surface area contributed by atoms with Crippen molar-refractivity contribution in [2.24, 2.45) is 5.92 Å². The Morgan fingerprint density at radius 2 is 2.08 bits per heavy atom. The summed E-state index contributed by atoms with van der Waals surface area (Å²) in [6, 6.07) is 0.683. The van der Waals surface area contributed by atoms with E-state index >= 15 is 0 Å². The van der Waals surface area contributed by atoms with Crippen LogP contribution in [0.4, 0.5) is 0 Å². The van der Waals surface area contributed by atoms with Crippen LogP contribution in [0.1, 0.15) is 50.4 Å². The quantitative estimate of drug-likeness (QED) is 0.796. The molecule has 1 saturated heterocycles. The zero-order valence-corrected chi connectivity index (χ0v) is 15.5. The monoisotopic (exact) mass is 359 g/mol. The Bertz CT molecular complexity index is 669. The number of nitrogens with one attached hydrogen (secondary N) is 2. The third kappa shape index (κ3) is 3.92. The number of aromatic amines is 1. The number of imidazole rings is 1. The fourth-order valence-corrected chi connectivity index (χ4v) is 4.37. The van der Waals surface area contributed by atoms with Crippen LogP contribution < -0.4 is 5.32 Å². The molecule has 0 bridgehead atoms. The maximum absolute atomic E-state index is 12.9. The molecule has 2 N–H and O–H groups in total. The number of aromatic nitrogens is 2. The van der Waals surface area contributed by atoms with Crippen LogP contribution in [0, 0.1) is 5.92 Å². The zero-order valence-electron chi connectivity index (χ0n) is 15.5. The second-order valence-electron chi connectivity index (χ2n) is 8.06. The Labute approximate surface area is 154 Å². The summed E-state index contributed by atoms with van der Waals surface area (Å²) in [5.41, 5.74) is 2.18. The molecule has 1 aromatic heterocycles. The molecule has 7 heteroatoms. The number of fused-ring (bicyclic) bond motifs is 1. The summed E-state index contributed by atoms with van der Waals surface area (Å²) in [5.74, 6) is 1.06. The second-order valence-corrected chi connectivity index (χ2v) is 8.06. The highest BCUT2D eigenvalue weighted by molar-refractivity contribution is 5.77. The molecule has 1 saturated carbocycles. The van der Waals surface area contributed by atoms with E-state index in [0.29, 0.717) is 31.6 Å². The topological polar surface area (TPSA) is 81.3 Å². The van der Waals surface area contributed by atoms with E-state index in [1.54, 1.807) is 13.3 Å². The summed E-state index contributed by atoms with van der Waals surface area (Å²) in [7, 11) is 0. The summed E-state index contributed by atoms with van der Waals surface area (Å²) >= 11 is 0. The second kappa shape index (κ2) is 7.39. The summed E-state index contributed by atoms with van der Waals surface area (Å²) in [6.45, 7) is 4.77. The van der Waals surface area contributed by atoms with Gasteiger partial charge < -0.3 is 15.2 Å². The van der Waals surface area contributed by atoms with Gasteiger partial charge in [0.1, 0.15) is 0 Å². The molecule has 0 aromatic carbocycles. The van der Waals surface area contributed by atoms with Crippen molar-refractivity contribution in [2.45, 2.75) is 64.1 Å². The van der Waals surface area contributed by atoms with E-state index in [0.717, 1.165) is 49.7 Å². The molecule has 1 aromatic rings. The van der Waals surface area contributed by atoms with Gasteiger partial charge in [0.25, 0.3) is 0 Å². The molecule has 2 fully saturated rings. The van der Waals surface area contributed by atoms with Crippen LogP contribution in [0.3, 0.4) is 0 Å². The number of carbonyl (C=O) groups is 2. The molecular weight excluding hydrogens is 330 g/mol. The van der Waals surface area contributed by atoms with E-state index < -0.39 is 0 Å². The number of H-pyrrole nitrogens is 1. The maximum atomic E-state index is 12.9. The number of carbonyl (C=O) groups excluding carboxylic acids is 2. The maximum Gasteiger partial charge on any atom is 0.224 e. The first-order valence-corrected chi connectivity index (χ1v) is 9.89. The number of nitrogens with zero attached hydrogens (tertiary/aromatic N) is 3. The van der Waals surface area contributed by atoms with Gasteiger partial charge in [0.2, 0.25) is 11.8 Å². The number of amides is 2. The zero-order chi connectivity index (χ0) is 18.1. The first kappa shape index (κ1) is 17.5. The van der Waals surface area contributed by atoms with E-state index in [1.807, 2.05) is 4.90 Å². The average molecular weight is 359 g/mol. The molecule has 2 aliphatic heterocycles. The minimum Gasteiger partial charge on any atom is -0.355 e. The Morgan fingerprint density at radius 1 is 1.27 bits per heavy atom. The van der Waals surface area contributed by atoms with Gasteiger partial charge in [-0.1, -0.05) is 0 Å². The summed E-state index contributed by atoms with van der Waals surface area (Å²) in [4.78, 5) is 36.1. The van der Waals surface area contributed by atoms with Crippen LogP contribution in [0.15, 0.2) is 6.33 Å². The van der Waals surface area contributed by atoms with Crippen molar-refractivity contribution in [3.8, 4) is 0 Å². The SMILES string of the molecule is CC(=O)NC[C@H]1CC[C@@H](CC(=O)N2CCc3nc[nH]c3C2)N1CC1CC1. The van der Waals surface area contributed by atoms with Crippen LogP contribution in [0.2, 0.25) is 0 Å². The van der Waals surface area contributed by atoms with Crippen LogP contribution in [0.5, 0.6) is 0 Å². The largest absolute Gasteiger partial charge is 0.355 e. The lowest BCUT2D eigenvalue weighted by Crippen LogP contribution is -2.46. The Hall–Kier alpha value is -1.89. The molecule has 3 aliphatic rings. The summed E-state index contributed by atoms with van der Waals surface area (Å²) < 4.78 is 0. The lowest BCUT2D eigenvalue weighted by Gasteiger charge is -2.32. The van der Waals surface area contributed by atoms with Gasteiger partial charge in [0, 0.05) is 51.5 Å². The van der Waals surface area contributed by atoms with Crippen molar-refractivity contribution >= 4 is 11.8 Å². The van der Waals surface area contributed by atoms with Gasteiger partial charge >= 0.3 is 0 Å². The average Bonchev–Trinajstić information content (AvgIpc) is 3.18. The van der Waals surface area contributed by atoms with E-state index in [1.165, 1.54) is 12.8 Å². The molecule has 2 atom stereocenters. The van der Waals surface area contributed by atoms with Crippen molar-refractivity contribution in [3.63, 3.8) is 0 Å². The number of hydrogen-bond acceptors (Lipinski definition) is 4. The first-order chi connectivity index (χ1) is 12.6. The molecule has 7 nitrogen and oxygen atoms in total. The van der Waals surface area contributed by atoms with Gasteiger partial charge in [-0.05, 0) is 31.6 Å². The molecule has 1 aliphatic carbocycles. The van der Waals surface area contributed by atoms with E-state index in [-0.39, 0.29) is 11.8 Å². The van der Waals surface area contributed by atoms with Crippen molar-refractivity contribution < 1.29 is 9.59 Å². The Morgan fingerprint density at radius 3 is 2.85 bits per heavy atom. The van der Waals surface area contributed by atoms with Crippen molar-refractivity contribution in [1.29, 1.82) is 0 Å². The van der Waals surface area contributed by atoms with E-state index in [9.17, 15) is 9.59 Å². The fourth-order valence-electron chi connectivity index (χ4n) is 4.37. The number of likely N-dealkylation sites (tertiary alicyclic amines) is 1. The van der Waals surface area contributed by atoms with Gasteiger partial charge in [-0.15, -0.1) is 0 Å². The fraction of sp³-hybridized carbons (Fsp3) is 0.737. The molecular formula is C19H29N5O2. The third-order valence-corrected chi connectivity index (χ3v) is 6.06. The van der Waals surface area contributed by atoms with Crippen molar-refractivity contribution in [3.05, 3.63) is 17.7 Å². The van der Waals surface area contributed by atoms with Crippen molar-refractivity contribution in [1.82, 2.24) is 25.1 Å². The lowest BCUT2D eigenvalue weighted by molar-refractivity contribution is -0.133. The molecule has 3 heterocycles. The minimum absolute atomic E-state index is 0.0274. The standard InChI is InChI=1S/C19H29N5O2/c1-13(25)20-9-16-5-4-15(24(16)10-14-2-3-14)8-19(26)23-7-6-17-18(11-23)22-12-21-17/h12,14-16H,2-11H2,1H3,(H,20,25)(H,21,22)/t15-,16+/m0/s1. The molecule has 2 amide bonds. The number of rotatable bonds is 6. The predicted octanol–water partition coefficient (Wildman–Crippen LogP) is 1.06. The smallest absolute Gasteiger partial charge is 0.224 e. The summed E-state index contributed by atoms with van der Waals surface area (Å²) in [5, 5.41) is 2.97. The summed E-state index contributed by atoms with van der Waals surface area (Å²) in [6.07, 6.45) is 7.87. The molecule has 26 heavy (non-hydrogen) atoms.